The number of carbonyl (C=O) groups excluding carboxylic acids is 3. The van der Waals surface area contributed by atoms with Crippen molar-refractivity contribution in [1.82, 2.24) is 20.0 Å². The number of benzene rings is 3. The summed E-state index contributed by atoms with van der Waals surface area (Å²) in [6.07, 6.45) is 3.68. The van der Waals surface area contributed by atoms with Crippen LogP contribution in [0.3, 0.4) is 0 Å². The highest BCUT2D eigenvalue weighted by molar-refractivity contribution is 6.01. The summed E-state index contributed by atoms with van der Waals surface area (Å²) in [6.45, 7) is 7.71. The van der Waals surface area contributed by atoms with Crippen LogP contribution in [0.1, 0.15) is 74.6 Å². The predicted molar refractivity (Wildman–Crippen MR) is 191 cm³/mol. The summed E-state index contributed by atoms with van der Waals surface area (Å²) in [5, 5.41) is 20.9. The quantitative estimate of drug-likeness (QED) is 0.207. The van der Waals surface area contributed by atoms with Gasteiger partial charge in [0.1, 0.15) is 28.6 Å². The van der Waals surface area contributed by atoms with E-state index in [2.05, 4.69) is 27.6 Å². The molecule has 4 aromatic rings. The Morgan fingerprint density at radius 2 is 1.74 bits per heavy atom. The third-order valence-electron chi connectivity index (χ3n) is 9.06. The topological polar surface area (TPSA) is 126 Å². The molecule has 50 heavy (non-hydrogen) atoms. The van der Waals surface area contributed by atoms with Crippen molar-refractivity contribution >= 4 is 23.6 Å². The molecule has 0 spiro atoms. The molecule has 1 aliphatic heterocycles. The van der Waals surface area contributed by atoms with Crippen molar-refractivity contribution in [3.8, 4) is 28.8 Å². The Kier molecular flexibility index (Phi) is 9.43. The van der Waals surface area contributed by atoms with Crippen molar-refractivity contribution in [2.75, 3.05) is 11.9 Å². The van der Waals surface area contributed by atoms with Crippen molar-refractivity contribution in [1.29, 1.82) is 0 Å². The number of piperidine rings is 1. The van der Waals surface area contributed by atoms with Gasteiger partial charge in [-0.05, 0) is 95.3 Å². The Bertz CT molecular complexity index is 1970. The van der Waals surface area contributed by atoms with E-state index in [-0.39, 0.29) is 23.5 Å². The third kappa shape index (κ3) is 7.52. The van der Waals surface area contributed by atoms with E-state index in [9.17, 15) is 19.5 Å². The molecule has 1 unspecified atom stereocenters. The Hall–Kier alpha value is -5.56. The van der Waals surface area contributed by atoms with Gasteiger partial charge in [0.15, 0.2) is 0 Å². The predicted octanol–water partition coefficient (Wildman–Crippen LogP) is 6.27. The molecular weight excluding hydrogens is 630 g/mol. The second-order valence-electron chi connectivity index (χ2n) is 14.2. The summed E-state index contributed by atoms with van der Waals surface area (Å²) < 4.78 is 7.22. The van der Waals surface area contributed by atoms with Crippen molar-refractivity contribution in [3.63, 3.8) is 0 Å². The number of alkyl carbamates (subject to hydrolysis) is 1. The van der Waals surface area contributed by atoms with E-state index in [0.717, 1.165) is 29.5 Å². The lowest BCUT2D eigenvalue weighted by Gasteiger charge is -2.37. The van der Waals surface area contributed by atoms with Crippen LogP contribution in [0.2, 0.25) is 0 Å². The van der Waals surface area contributed by atoms with Gasteiger partial charge in [-0.3, -0.25) is 14.3 Å². The van der Waals surface area contributed by atoms with Gasteiger partial charge in [0.25, 0.3) is 0 Å². The fourth-order valence-corrected chi connectivity index (χ4v) is 6.59. The van der Waals surface area contributed by atoms with E-state index in [4.69, 9.17) is 4.74 Å². The number of aryl methyl sites for hydroxylation is 2. The lowest BCUT2D eigenvalue weighted by Crippen LogP contribution is -2.58. The van der Waals surface area contributed by atoms with Crippen molar-refractivity contribution in [3.05, 3.63) is 101 Å². The van der Waals surface area contributed by atoms with Crippen molar-refractivity contribution in [2.24, 2.45) is 7.05 Å². The van der Waals surface area contributed by atoms with Gasteiger partial charge in [0, 0.05) is 42.5 Å². The van der Waals surface area contributed by atoms with Crippen LogP contribution in [0, 0.1) is 18.8 Å². The highest BCUT2D eigenvalue weighted by Gasteiger charge is 2.64. The molecule has 1 saturated heterocycles. The van der Waals surface area contributed by atoms with E-state index >= 15 is 0 Å². The molecule has 0 bridgehead atoms. The summed E-state index contributed by atoms with van der Waals surface area (Å²) in [5.74, 6) is 5.69. The summed E-state index contributed by atoms with van der Waals surface area (Å²) in [4.78, 5) is 42.7. The second-order valence-corrected chi connectivity index (χ2v) is 14.2. The van der Waals surface area contributed by atoms with E-state index in [1.54, 1.807) is 48.6 Å². The molecule has 10 heteroatoms. The zero-order chi connectivity index (χ0) is 35.6. The Labute approximate surface area is 292 Å². The average Bonchev–Trinajstić information content (AvgIpc) is 3.69. The molecular formula is C40H43N5O5. The van der Waals surface area contributed by atoms with Crippen LogP contribution in [0.25, 0.3) is 11.3 Å². The van der Waals surface area contributed by atoms with Gasteiger partial charge in [-0.25, -0.2) is 4.79 Å². The maximum atomic E-state index is 14.4. The number of aromatic hydroxyl groups is 1. The zero-order valence-corrected chi connectivity index (χ0v) is 29.1. The Morgan fingerprint density at radius 3 is 2.46 bits per heavy atom. The SMILES string of the molecule is Cc1ccc(O)c(-c2nn(C)cc2C#Cc2ccc(NC(=O)C3CCCCN3C(=O)[C@]3(NC(=O)OC(C)(C)C)C[C@@H]3c3ccccc3)cc2)c1. The first-order valence-electron chi connectivity index (χ1n) is 17.0. The van der Waals surface area contributed by atoms with Gasteiger partial charge in [0.05, 0.1) is 5.56 Å². The summed E-state index contributed by atoms with van der Waals surface area (Å²) in [6, 6.07) is 21.5. The van der Waals surface area contributed by atoms with Gasteiger partial charge in [0.2, 0.25) is 11.8 Å². The van der Waals surface area contributed by atoms with Crippen LogP contribution in [0.15, 0.2) is 79.0 Å². The number of phenolic OH excluding ortho intramolecular Hbond substituents is 1. The number of hydrogen-bond donors (Lipinski definition) is 3. The molecule has 3 N–H and O–H groups in total. The summed E-state index contributed by atoms with van der Waals surface area (Å²) >= 11 is 0. The normalized spacial score (nSPS) is 19.9. The molecule has 2 heterocycles. The third-order valence-corrected chi connectivity index (χ3v) is 9.06. The molecule has 10 nitrogen and oxygen atoms in total. The minimum Gasteiger partial charge on any atom is -0.507 e. The molecule has 258 valence electrons. The second kappa shape index (κ2) is 13.7. The van der Waals surface area contributed by atoms with Crippen molar-refractivity contribution in [2.45, 2.75) is 76.5 Å². The van der Waals surface area contributed by atoms with Crippen LogP contribution in [-0.2, 0) is 21.4 Å². The number of nitrogens with zero attached hydrogens (tertiary/aromatic N) is 3. The first kappa shape index (κ1) is 34.3. The largest absolute Gasteiger partial charge is 0.507 e. The van der Waals surface area contributed by atoms with Gasteiger partial charge in [-0.1, -0.05) is 53.8 Å². The number of ether oxygens (including phenoxy) is 1. The maximum Gasteiger partial charge on any atom is 0.408 e. The molecule has 1 aromatic heterocycles. The lowest BCUT2D eigenvalue weighted by molar-refractivity contribution is -0.143. The number of hydrogen-bond acceptors (Lipinski definition) is 6. The van der Waals surface area contributed by atoms with Crippen LogP contribution < -0.4 is 10.6 Å². The number of nitrogens with one attached hydrogen (secondary N) is 2. The number of anilines is 1. The average molecular weight is 674 g/mol. The van der Waals surface area contributed by atoms with Crippen LogP contribution in [0.4, 0.5) is 10.5 Å². The van der Waals surface area contributed by atoms with Gasteiger partial charge in [-0.15, -0.1) is 0 Å². The van der Waals surface area contributed by atoms with Crippen LogP contribution >= 0.6 is 0 Å². The number of aromatic nitrogens is 2. The molecule has 3 atom stereocenters. The molecule has 0 radical (unpaired) electrons. The van der Waals surface area contributed by atoms with Gasteiger partial charge < -0.3 is 25.4 Å². The fraction of sp³-hybridized carbons (Fsp3) is 0.350. The number of phenols is 1. The van der Waals surface area contributed by atoms with Gasteiger partial charge in [-0.2, -0.15) is 5.10 Å². The standard InChI is InChI=1S/C40H43N5O5/c1-26-14-21-34(46)31(23-26)35-29(25-44(5)43-35)18-15-27-16-19-30(20-17-27)41-36(47)33-13-9-10-22-45(33)37(48)40(42-38(49)50-39(2,3)4)24-32(40)28-11-7-6-8-12-28/h6-8,11-12,14,16-17,19-21,23,25,32-33,46H,9-10,13,22,24H2,1-5H3,(H,41,47)(H,42,49)/t32-,33?,40+/m1/s1. The molecule has 6 rings (SSSR count). The van der Waals surface area contributed by atoms with E-state index in [0.29, 0.717) is 41.9 Å². The van der Waals surface area contributed by atoms with E-state index in [1.807, 2.05) is 74.8 Å². The van der Waals surface area contributed by atoms with Crippen molar-refractivity contribution < 1.29 is 24.2 Å². The minimum atomic E-state index is -1.19. The molecule has 2 fully saturated rings. The van der Waals surface area contributed by atoms with Crippen LogP contribution in [-0.4, -0.2) is 61.4 Å². The van der Waals surface area contributed by atoms with Gasteiger partial charge >= 0.3 is 6.09 Å². The molecule has 3 aromatic carbocycles. The smallest absolute Gasteiger partial charge is 0.408 e. The Morgan fingerprint density at radius 1 is 1.00 bits per heavy atom. The molecule has 3 amide bonds. The highest BCUT2D eigenvalue weighted by Crippen LogP contribution is 2.53. The number of amides is 3. The minimum absolute atomic E-state index is 0.137. The number of carbonyl (C=O) groups is 3. The fourth-order valence-electron chi connectivity index (χ4n) is 6.59. The van der Waals surface area contributed by atoms with E-state index in [1.165, 1.54) is 0 Å². The maximum absolute atomic E-state index is 14.4. The van der Waals surface area contributed by atoms with E-state index < -0.39 is 23.3 Å². The lowest BCUT2D eigenvalue weighted by atomic mass is 9.97. The molecule has 1 saturated carbocycles. The Balaban J connectivity index is 1.17. The zero-order valence-electron chi connectivity index (χ0n) is 29.1. The summed E-state index contributed by atoms with van der Waals surface area (Å²) in [7, 11) is 1.81. The van der Waals surface area contributed by atoms with Crippen LogP contribution in [0.5, 0.6) is 5.75 Å². The molecule has 2 aliphatic rings. The summed E-state index contributed by atoms with van der Waals surface area (Å²) in [5.41, 5.74) is 3.24. The monoisotopic (exact) mass is 673 g/mol. The highest BCUT2D eigenvalue weighted by atomic mass is 16.6. The number of likely N-dealkylation sites (tertiary alicyclic amines) is 1. The first-order chi connectivity index (χ1) is 23.8. The molecule has 1 aliphatic carbocycles. The first-order valence-corrected chi connectivity index (χ1v) is 17.0. The number of rotatable bonds is 6.